The highest BCUT2D eigenvalue weighted by atomic mass is 16.6. The second kappa shape index (κ2) is 9.05. The Morgan fingerprint density at radius 3 is 2.66 bits per heavy atom. The van der Waals surface area contributed by atoms with Crippen LogP contribution in [-0.4, -0.2) is 48.6 Å². The maximum absolute atomic E-state index is 11.9. The molecule has 2 amide bonds. The summed E-state index contributed by atoms with van der Waals surface area (Å²) < 4.78 is 5.12. The van der Waals surface area contributed by atoms with Crippen LogP contribution in [0.2, 0.25) is 0 Å². The second-order valence-corrected chi connectivity index (χ2v) is 6.52. The lowest BCUT2D eigenvalue weighted by molar-refractivity contribution is -0.132. The van der Waals surface area contributed by atoms with Crippen molar-refractivity contribution in [3.63, 3.8) is 0 Å². The van der Waals surface area contributed by atoms with Crippen molar-refractivity contribution < 1.29 is 24.3 Å². The molecule has 0 aliphatic carbocycles. The van der Waals surface area contributed by atoms with Gasteiger partial charge in [-0.05, 0) is 41.8 Å². The smallest absolute Gasteiger partial charge is 0.413 e. The van der Waals surface area contributed by atoms with Crippen LogP contribution >= 0.6 is 0 Å². The van der Waals surface area contributed by atoms with Crippen molar-refractivity contribution in [2.24, 2.45) is 11.1 Å². The molecule has 29 heavy (non-hydrogen) atoms. The SMILES string of the molecule is CO/N=C/[C@H]1NC(=O)[C@@H]1Cc1ccnc(N(Cc2ccc(OC)cc2)C(=O)O)c1. The fraction of sp³-hybridized carbons (Fsp3) is 0.300. The third-order valence-electron chi connectivity index (χ3n) is 4.68. The Labute approximate surface area is 167 Å². The van der Waals surface area contributed by atoms with Gasteiger partial charge >= 0.3 is 6.09 Å². The average Bonchev–Trinajstić information content (AvgIpc) is 2.73. The zero-order valence-electron chi connectivity index (χ0n) is 16.1. The number of nitrogens with zero attached hydrogens (tertiary/aromatic N) is 3. The number of benzene rings is 1. The lowest BCUT2D eigenvalue weighted by Crippen LogP contribution is -2.59. The number of nitrogens with one attached hydrogen (secondary N) is 1. The number of aromatic nitrogens is 1. The predicted octanol–water partition coefficient (Wildman–Crippen LogP) is 2.06. The number of oxime groups is 1. The van der Waals surface area contributed by atoms with Crippen LogP contribution in [0, 0.1) is 5.92 Å². The van der Waals surface area contributed by atoms with Gasteiger partial charge in [0, 0.05) is 6.20 Å². The number of ether oxygens (including phenoxy) is 1. The summed E-state index contributed by atoms with van der Waals surface area (Å²) >= 11 is 0. The van der Waals surface area contributed by atoms with Crippen molar-refractivity contribution in [2.75, 3.05) is 19.1 Å². The highest BCUT2D eigenvalue weighted by molar-refractivity contribution is 5.94. The second-order valence-electron chi connectivity index (χ2n) is 6.52. The minimum atomic E-state index is -1.11. The first kappa shape index (κ1) is 20.1. The lowest BCUT2D eigenvalue weighted by atomic mass is 9.85. The number of hydrogen-bond acceptors (Lipinski definition) is 6. The van der Waals surface area contributed by atoms with E-state index in [0.29, 0.717) is 18.0 Å². The molecule has 1 fully saturated rings. The molecule has 2 atom stereocenters. The predicted molar refractivity (Wildman–Crippen MR) is 106 cm³/mol. The first-order valence-corrected chi connectivity index (χ1v) is 8.97. The summed E-state index contributed by atoms with van der Waals surface area (Å²) in [5, 5.41) is 16.1. The van der Waals surface area contributed by atoms with Crippen molar-refractivity contribution in [3.8, 4) is 5.75 Å². The van der Waals surface area contributed by atoms with Gasteiger partial charge < -0.3 is 20.0 Å². The Hall–Kier alpha value is -3.62. The first-order valence-electron chi connectivity index (χ1n) is 8.97. The Kier molecular flexibility index (Phi) is 6.28. The molecule has 0 bridgehead atoms. The third-order valence-corrected chi connectivity index (χ3v) is 4.68. The zero-order valence-corrected chi connectivity index (χ0v) is 16.1. The summed E-state index contributed by atoms with van der Waals surface area (Å²) in [5.41, 5.74) is 1.61. The molecule has 1 aliphatic rings. The molecule has 9 nitrogen and oxygen atoms in total. The topological polar surface area (TPSA) is 113 Å². The summed E-state index contributed by atoms with van der Waals surface area (Å²) in [6, 6.07) is 10.4. The Morgan fingerprint density at radius 2 is 2.03 bits per heavy atom. The van der Waals surface area contributed by atoms with E-state index < -0.39 is 6.09 Å². The van der Waals surface area contributed by atoms with E-state index in [0.717, 1.165) is 16.0 Å². The number of hydrogen-bond donors (Lipinski definition) is 2. The number of carboxylic acid groups (broad SMARTS) is 1. The zero-order chi connectivity index (χ0) is 20.8. The van der Waals surface area contributed by atoms with E-state index in [1.165, 1.54) is 7.11 Å². The molecular formula is C20H22N4O5. The lowest BCUT2D eigenvalue weighted by Gasteiger charge is -2.34. The fourth-order valence-electron chi connectivity index (χ4n) is 3.08. The molecule has 2 aromatic rings. The summed E-state index contributed by atoms with van der Waals surface area (Å²) in [6.45, 7) is 0.142. The number of methoxy groups -OCH3 is 1. The fourth-order valence-corrected chi connectivity index (χ4v) is 3.08. The molecule has 9 heteroatoms. The largest absolute Gasteiger partial charge is 0.497 e. The maximum Gasteiger partial charge on any atom is 0.413 e. The van der Waals surface area contributed by atoms with E-state index in [9.17, 15) is 14.7 Å². The molecule has 152 valence electrons. The molecule has 1 aliphatic heterocycles. The molecule has 1 aromatic heterocycles. The van der Waals surface area contributed by atoms with Gasteiger partial charge in [-0.2, -0.15) is 0 Å². The van der Waals surface area contributed by atoms with Gasteiger partial charge in [-0.3, -0.25) is 9.69 Å². The molecule has 1 aromatic carbocycles. The van der Waals surface area contributed by atoms with Crippen molar-refractivity contribution in [1.82, 2.24) is 10.3 Å². The first-order chi connectivity index (χ1) is 14.0. The van der Waals surface area contributed by atoms with Gasteiger partial charge in [0.2, 0.25) is 5.91 Å². The molecule has 0 radical (unpaired) electrons. The van der Waals surface area contributed by atoms with E-state index in [-0.39, 0.29) is 24.4 Å². The van der Waals surface area contributed by atoms with Crippen molar-refractivity contribution >= 4 is 24.0 Å². The molecule has 0 spiro atoms. The molecule has 2 heterocycles. The molecular weight excluding hydrogens is 376 g/mol. The van der Waals surface area contributed by atoms with E-state index in [4.69, 9.17) is 4.74 Å². The van der Waals surface area contributed by atoms with E-state index in [2.05, 4.69) is 20.3 Å². The van der Waals surface area contributed by atoms with Gasteiger partial charge in [0.1, 0.15) is 18.7 Å². The average molecular weight is 398 g/mol. The van der Waals surface area contributed by atoms with Crippen molar-refractivity contribution in [3.05, 3.63) is 53.7 Å². The summed E-state index contributed by atoms with van der Waals surface area (Å²) in [7, 11) is 3.01. The number of β-lactam (4-membered cyclic amide) rings is 1. The number of rotatable bonds is 8. The summed E-state index contributed by atoms with van der Waals surface area (Å²) in [4.78, 5) is 33.7. The van der Waals surface area contributed by atoms with Crippen LogP contribution in [0.5, 0.6) is 5.75 Å². The third kappa shape index (κ3) is 4.81. The van der Waals surface area contributed by atoms with Crippen LogP contribution in [0.3, 0.4) is 0 Å². The normalized spacial score (nSPS) is 18.1. The molecule has 1 saturated heterocycles. The van der Waals surface area contributed by atoms with Crippen LogP contribution in [0.1, 0.15) is 11.1 Å². The molecule has 2 N–H and O–H groups in total. The maximum atomic E-state index is 11.9. The van der Waals surface area contributed by atoms with Gasteiger partial charge in [0.15, 0.2) is 0 Å². The van der Waals surface area contributed by atoms with E-state index in [1.54, 1.807) is 55.9 Å². The van der Waals surface area contributed by atoms with Gasteiger partial charge in [-0.15, -0.1) is 0 Å². The number of amides is 2. The van der Waals surface area contributed by atoms with Gasteiger partial charge in [0.05, 0.1) is 31.8 Å². The number of pyridine rings is 1. The van der Waals surface area contributed by atoms with Crippen LogP contribution in [0.15, 0.2) is 47.8 Å². The van der Waals surface area contributed by atoms with Gasteiger partial charge in [-0.1, -0.05) is 17.3 Å². The van der Waals surface area contributed by atoms with E-state index in [1.807, 2.05) is 0 Å². The van der Waals surface area contributed by atoms with Crippen LogP contribution in [0.4, 0.5) is 10.6 Å². The van der Waals surface area contributed by atoms with Crippen LogP contribution in [-0.2, 0) is 22.6 Å². The minimum Gasteiger partial charge on any atom is -0.497 e. The van der Waals surface area contributed by atoms with Crippen molar-refractivity contribution in [2.45, 2.75) is 19.0 Å². The highest BCUT2D eigenvalue weighted by Crippen LogP contribution is 2.23. The van der Waals surface area contributed by atoms with E-state index >= 15 is 0 Å². The van der Waals surface area contributed by atoms with Gasteiger partial charge in [0.25, 0.3) is 0 Å². The standard InChI is InChI=1S/C20H22N4O5/c1-28-15-5-3-13(4-6-15)12-24(20(26)27)18-10-14(7-8-21-18)9-16-17(11-22-29-2)23-19(16)25/h3-8,10-11,16-17H,9,12H2,1-2H3,(H,23,25)(H,26,27)/b22-11+/t16-,17-/m1/s1. The van der Waals surface area contributed by atoms with Crippen molar-refractivity contribution in [1.29, 1.82) is 0 Å². The Balaban J connectivity index is 1.75. The summed E-state index contributed by atoms with van der Waals surface area (Å²) in [5.74, 6) is 0.627. The summed E-state index contributed by atoms with van der Waals surface area (Å²) in [6.07, 6.45) is 2.42. The quantitative estimate of drug-likeness (QED) is 0.400. The highest BCUT2D eigenvalue weighted by Gasteiger charge is 2.38. The number of anilines is 1. The molecule has 0 unspecified atom stereocenters. The molecule has 0 saturated carbocycles. The number of carbonyl (C=O) groups is 2. The molecule has 3 rings (SSSR count). The Morgan fingerprint density at radius 1 is 1.28 bits per heavy atom. The van der Waals surface area contributed by atoms with Crippen LogP contribution < -0.4 is 15.0 Å². The number of carbonyl (C=O) groups excluding carboxylic acids is 1. The Bertz CT molecular complexity index is 900. The van der Waals surface area contributed by atoms with Gasteiger partial charge in [-0.25, -0.2) is 9.78 Å². The monoisotopic (exact) mass is 398 g/mol. The minimum absolute atomic E-state index is 0.0794. The van der Waals surface area contributed by atoms with Crippen LogP contribution in [0.25, 0.3) is 0 Å².